The lowest BCUT2D eigenvalue weighted by Gasteiger charge is -2.26. The van der Waals surface area contributed by atoms with Crippen molar-refractivity contribution in [2.45, 2.75) is 38.3 Å². The first-order valence-corrected chi connectivity index (χ1v) is 7.16. The van der Waals surface area contributed by atoms with Crippen molar-refractivity contribution in [3.63, 3.8) is 0 Å². The van der Waals surface area contributed by atoms with E-state index in [0.29, 0.717) is 12.2 Å². The zero-order valence-electron chi connectivity index (χ0n) is 11.4. The van der Waals surface area contributed by atoms with Gasteiger partial charge in [-0.25, -0.2) is 9.59 Å². The molecule has 0 aromatic rings. The number of carboxylic acid groups (broad SMARTS) is 1. The Morgan fingerprint density at radius 3 is 2.37 bits per heavy atom. The van der Waals surface area contributed by atoms with Crippen molar-refractivity contribution in [2.24, 2.45) is 5.73 Å². The summed E-state index contributed by atoms with van der Waals surface area (Å²) >= 11 is 1.50. The van der Waals surface area contributed by atoms with Crippen LogP contribution in [0.1, 0.15) is 26.7 Å². The van der Waals surface area contributed by atoms with Gasteiger partial charge in [0, 0.05) is 12.0 Å². The molecule has 0 rings (SSSR count). The first-order chi connectivity index (χ1) is 8.68. The van der Waals surface area contributed by atoms with Crippen LogP contribution in [0.15, 0.2) is 0 Å². The van der Waals surface area contributed by atoms with Crippen LogP contribution in [0, 0.1) is 0 Å². The van der Waals surface area contributed by atoms with Gasteiger partial charge in [0.1, 0.15) is 6.04 Å². The fourth-order valence-corrected chi connectivity index (χ4v) is 1.95. The third kappa shape index (κ3) is 8.30. The largest absolute Gasteiger partial charge is 0.480 e. The molecule has 0 saturated heterocycles. The molecule has 3 amide bonds. The molecule has 8 heteroatoms. The first-order valence-electron chi connectivity index (χ1n) is 5.76. The second-order valence-electron chi connectivity index (χ2n) is 4.80. The van der Waals surface area contributed by atoms with Crippen molar-refractivity contribution in [1.82, 2.24) is 10.6 Å². The summed E-state index contributed by atoms with van der Waals surface area (Å²) in [6.07, 6.45) is 2.16. The van der Waals surface area contributed by atoms with Crippen molar-refractivity contribution >= 4 is 29.7 Å². The molecule has 1 atom stereocenters. The number of urea groups is 1. The maximum Gasteiger partial charge on any atom is 0.326 e. The molecule has 1 unspecified atom stereocenters. The molecule has 0 radical (unpaired) electrons. The van der Waals surface area contributed by atoms with E-state index in [1.54, 1.807) is 13.8 Å². The Bertz CT molecular complexity index is 347. The van der Waals surface area contributed by atoms with Gasteiger partial charge < -0.3 is 21.5 Å². The fourth-order valence-electron chi connectivity index (χ4n) is 1.47. The molecule has 0 aromatic heterocycles. The molecule has 5 N–H and O–H groups in total. The Morgan fingerprint density at radius 2 is 1.95 bits per heavy atom. The Morgan fingerprint density at radius 1 is 1.37 bits per heavy atom. The minimum atomic E-state index is -1.09. The van der Waals surface area contributed by atoms with Crippen LogP contribution >= 0.6 is 11.8 Å². The van der Waals surface area contributed by atoms with Crippen LogP contribution in [0.2, 0.25) is 0 Å². The second kappa shape index (κ2) is 7.88. The Hall–Kier alpha value is -1.44. The van der Waals surface area contributed by atoms with Gasteiger partial charge in [-0.1, -0.05) is 0 Å². The van der Waals surface area contributed by atoms with E-state index in [9.17, 15) is 14.4 Å². The zero-order chi connectivity index (χ0) is 15.1. The molecule has 0 fully saturated rings. The van der Waals surface area contributed by atoms with Crippen LogP contribution in [0.25, 0.3) is 0 Å². The van der Waals surface area contributed by atoms with Gasteiger partial charge in [-0.15, -0.1) is 0 Å². The number of aliphatic carboxylic acids is 1. The summed E-state index contributed by atoms with van der Waals surface area (Å²) in [5, 5.41) is 13.9. The number of nitrogens with two attached hydrogens (primary N) is 1. The summed E-state index contributed by atoms with van der Waals surface area (Å²) < 4.78 is 0. The van der Waals surface area contributed by atoms with E-state index < -0.39 is 29.5 Å². The summed E-state index contributed by atoms with van der Waals surface area (Å²) in [7, 11) is 0. The number of carbonyl (C=O) groups is 3. The number of carbonyl (C=O) groups excluding carboxylic acids is 2. The molecular weight excluding hydrogens is 270 g/mol. The van der Waals surface area contributed by atoms with Gasteiger partial charge in [0.2, 0.25) is 5.91 Å². The number of nitrogens with one attached hydrogen (secondary N) is 2. The van der Waals surface area contributed by atoms with Gasteiger partial charge in [-0.3, -0.25) is 4.79 Å². The molecule has 0 spiro atoms. The van der Waals surface area contributed by atoms with Gasteiger partial charge in [-0.2, -0.15) is 11.8 Å². The van der Waals surface area contributed by atoms with Crippen LogP contribution < -0.4 is 16.4 Å². The van der Waals surface area contributed by atoms with E-state index in [1.807, 2.05) is 6.26 Å². The van der Waals surface area contributed by atoms with Crippen LogP contribution in [-0.2, 0) is 9.59 Å². The summed E-state index contributed by atoms with van der Waals surface area (Å²) in [4.78, 5) is 33.5. The summed E-state index contributed by atoms with van der Waals surface area (Å²) in [6, 6.07) is -1.57. The van der Waals surface area contributed by atoms with Gasteiger partial charge >= 0.3 is 12.0 Å². The highest BCUT2D eigenvalue weighted by atomic mass is 32.2. The zero-order valence-corrected chi connectivity index (χ0v) is 12.2. The summed E-state index contributed by atoms with van der Waals surface area (Å²) in [5.41, 5.74) is 4.24. The number of carboxylic acids is 1. The third-order valence-electron chi connectivity index (χ3n) is 2.28. The second-order valence-corrected chi connectivity index (χ2v) is 5.78. The first kappa shape index (κ1) is 17.6. The number of primary amides is 1. The quantitative estimate of drug-likeness (QED) is 0.507. The van der Waals surface area contributed by atoms with Crippen LogP contribution in [0.4, 0.5) is 4.79 Å². The van der Waals surface area contributed by atoms with Gasteiger partial charge in [-0.05, 0) is 32.3 Å². The Kier molecular flexibility index (Phi) is 7.28. The number of thioether (sulfide) groups is 1. The molecule has 0 aliphatic heterocycles. The summed E-state index contributed by atoms with van der Waals surface area (Å²) in [6.45, 7) is 3.27. The maximum absolute atomic E-state index is 11.7. The van der Waals surface area contributed by atoms with E-state index in [1.165, 1.54) is 11.8 Å². The highest BCUT2D eigenvalue weighted by Crippen LogP contribution is 2.07. The van der Waals surface area contributed by atoms with Crippen LogP contribution in [-0.4, -0.2) is 46.6 Å². The molecule has 0 aromatic carbocycles. The van der Waals surface area contributed by atoms with Gasteiger partial charge in [0.25, 0.3) is 0 Å². The summed E-state index contributed by atoms with van der Waals surface area (Å²) in [5.74, 6) is -0.999. The topological polar surface area (TPSA) is 122 Å². The minimum absolute atomic E-state index is 0.0248. The van der Waals surface area contributed by atoms with Crippen molar-refractivity contribution in [1.29, 1.82) is 0 Å². The minimum Gasteiger partial charge on any atom is -0.480 e. The van der Waals surface area contributed by atoms with E-state index in [-0.39, 0.29) is 6.42 Å². The van der Waals surface area contributed by atoms with Crippen molar-refractivity contribution in [3.8, 4) is 0 Å². The SMILES string of the molecule is CSCCC(NC(=O)NC(C)(C)CC(N)=O)C(=O)O. The molecule has 0 aliphatic carbocycles. The maximum atomic E-state index is 11.7. The lowest BCUT2D eigenvalue weighted by atomic mass is 10.0. The third-order valence-corrected chi connectivity index (χ3v) is 2.93. The van der Waals surface area contributed by atoms with E-state index in [0.717, 1.165) is 0 Å². The van der Waals surface area contributed by atoms with E-state index in [4.69, 9.17) is 10.8 Å². The lowest BCUT2D eigenvalue weighted by molar-refractivity contribution is -0.139. The van der Waals surface area contributed by atoms with Crippen LogP contribution in [0.3, 0.4) is 0 Å². The number of rotatable bonds is 8. The average molecular weight is 291 g/mol. The van der Waals surface area contributed by atoms with E-state index in [2.05, 4.69) is 10.6 Å². The normalized spacial score (nSPS) is 12.6. The molecule has 0 aliphatic rings. The van der Waals surface area contributed by atoms with Gasteiger partial charge in [0.15, 0.2) is 0 Å². The molecular formula is C11H21N3O4S. The molecule has 110 valence electrons. The smallest absolute Gasteiger partial charge is 0.326 e. The molecule has 0 heterocycles. The van der Waals surface area contributed by atoms with Crippen molar-refractivity contribution < 1.29 is 19.5 Å². The predicted octanol–water partition coefficient (Wildman–Crippen LogP) is 0.146. The van der Waals surface area contributed by atoms with Gasteiger partial charge in [0.05, 0.1) is 0 Å². The van der Waals surface area contributed by atoms with E-state index >= 15 is 0 Å². The lowest BCUT2D eigenvalue weighted by Crippen LogP contribution is -2.53. The predicted molar refractivity (Wildman–Crippen MR) is 74.0 cm³/mol. The number of hydrogen-bond donors (Lipinski definition) is 4. The molecule has 0 saturated carbocycles. The monoisotopic (exact) mass is 291 g/mol. The van der Waals surface area contributed by atoms with Crippen molar-refractivity contribution in [2.75, 3.05) is 12.0 Å². The van der Waals surface area contributed by atoms with Crippen molar-refractivity contribution in [3.05, 3.63) is 0 Å². The Balaban J connectivity index is 4.40. The number of amides is 3. The standard InChI is InChI=1S/C11H21N3O4S/c1-11(2,6-8(12)15)14-10(18)13-7(9(16)17)4-5-19-3/h7H,4-6H2,1-3H3,(H2,12,15)(H,16,17)(H2,13,14,18). The average Bonchev–Trinajstić information content (AvgIpc) is 2.20. The molecule has 0 bridgehead atoms. The molecule has 19 heavy (non-hydrogen) atoms. The molecule has 7 nitrogen and oxygen atoms in total. The highest BCUT2D eigenvalue weighted by Gasteiger charge is 2.25. The Labute approximate surface area is 116 Å². The highest BCUT2D eigenvalue weighted by molar-refractivity contribution is 7.98. The fraction of sp³-hybridized carbons (Fsp3) is 0.727. The number of hydrogen-bond acceptors (Lipinski definition) is 4. The van der Waals surface area contributed by atoms with Crippen LogP contribution in [0.5, 0.6) is 0 Å².